The molecule has 0 saturated carbocycles. The van der Waals surface area contributed by atoms with Crippen molar-refractivity contribution in [2.45, 2.75) is 0 Å². The van der Waals surface area contributed by atoms with Gasteiger partial charge < -0.3 is 5.73 Å². The molecule has 3 aromatic rings. The van der Waals surface area contributed by atoms with E-state index in [4.69, 9.17) is 5.73 Å². The molecule has 3 N–H and O–H groups in total. The molecular weight excluding hydrogens is 278 g/mol. The number of thiophene rings is 1. The number of aromatic amines is 1. The molecule has 8 heteroatoms. The molecule has 0 amide bonds. The number of nitrogen functional groups attached to an aromatic ring is 1. The lowest BCUT2D eigenvalue weighted by molar-refractivity contribution is -0.380. The maximum atomic E-state index is 10.8. The molecule has 0 aliphatic carbocycles. The van der Waals surface area contributed by atoms with Gasteiger partial charge in [0.1, 0.15) is 0 Å². The smallest absolute Gasteiger partial charge is 0.324 e. The second-order valence-electron chi connectivity index (χ2n) is 4.00. The van der Waals surface area contributed by atoms with E-state index >= 15 is 0 Å². The summed E-state index contributed by atoms with van der Waals surface area (Å²) in [6.45, 7) is 0. The lowest BCUT2D eigenvalue weighted by Crippen LogP contribution is -1.88. The van der Waals surface area contributed by atoms with Crippen LogP contribution >= 0.6 is 11.3 Å². The standard InChI is InChI=1S/C12H9N5O2S/c13-12-10(7-2-1-5-14-6-7)11(15-16-12)8-3-4-9(20-8)17(18)19/h1-6H,(H3,13,15,16). The van der Waals surface area contributed by atoms with E-state index in [9.17, 15) is 10.1 Å². The van der Waals surface area contributed by atoms with Gasteiger partial charge >= 0.3 is 5.00 Å². The minimum absolute atomic E-state index is 0.0744. The Labute approximate surface area is 117 Å². The number of pyridine rings is 1. The monoisotopic (exact) mass is 287 g/mol. The van der Waals surface area contributed by atoms with E-state index in [1.165, 1.54) is 6.07 Å². The molecule has 3 aromatic heterocycles. The van der Waals surface area contributed by atoms with E-state index in [-0.39, 0.29) is 5.00 Å². The Hall–Kier alpha value is -2.74. The molecule has 0 bridgehead atoms. The van der Waals surface area contributed by atoms with Gasteiger partial charge in [0.25, 0.3) is 0 Å². The number of anilines is 1. The number of aromatic nitrogens is 3. The van der Waals surface area contributed by atoms with E-state index in [0.29, 0.717) is 22.0 Å². The number of hydrogen-bond acceptors (Lipinski definition) is 6. The minimum atomic E-state index is -0.419. The Morgan fingerprint density at radius 1 is 1.35 bits per heavy atom. The van der Waals surface area contributed by atoms with Gasteiger partial charge in [0.2, 0.25) is 0 Å². The van der Waals surface area contributed by atoms with Gasteiger partial charge in [-0.3, -0.25) is 20.2 Å². The van der Waals surface area contributed by atoms with Crippen molar-refractivity contribution in [2.24, 2.45) is 0 Å². The SMILES string of the molecule is Nc1n[nH]c(-c2ccc([N+](=O)[O-])s2)c1-c1cccnc1. The van der Waals surface area contributed by atoms with Gasteiger partial charge in [0.15, 0.2) is 5.82 Å². The van der Waals surface area contributed by atoms with Gasteiger partial charge in [-0.25, -0.2) is 0 Å². The number of nitrogens with one attached hydrogen (secondary N) is 1. The third kappa shape index (κ3) is 2.01. The van der Waals surface area contributed by atoms with Crippen molar-refractivity contribution in [3.8, 4) is 21.7 Å². The summed E-state index contributed by atoms with van der Waals surface area (Å²) in [5, 5.41) is 17.6. The van der Waals surface area contributed by atoms with Crippen LogP contribution in [0.4, 0.5) is 10.8 Å². The summed E-state index contributed by atoms with van der Waals surface area (Å²) in [6, 6.07) is 6.79. The summed E-state index contributed by atoms with van der Waals surface area (Å²) in [7, 11) is 0. The topological polar surface area (TPSA) is 111 Å². The number of nitro groups is 1. The van der Waals surface area contributed by atoms with Crippen molar-refractivity contribution in [1.82, 2.24) is 15.2 Å². The predicted molar refractivity (Wildman–Crippen MR) is 76.2 cm³/mol. The van der Waals surface area contributed by atoms with Crippen LogP contribution in [0.1, 0.15) is 0 Å². The molecule has 0 saturated heterocycles. The summed E-state index contributed by atoms with van der Waals surface area (Å²) >= 11 is 1.07. The first-order valence-electron chi connectivity index (χ1n) is 5.65. The van der Waals surface area contributed by atoms with Crippen LogP contribution in [0.2, 0.25) is 0 Å². The fourth-order valence-electron chi connectivity index (χ4n) is 1.90. The predicted octanol–water partition coefficient (Wildman–Crippen LogP) is 2.69. The second kappa shape index (κ2) is 4.74. The number of nitrogens with zero attached hydrogens (tertiary/aromatic N) is 3. The zero-order chi connectivity index (χ0) is 14.1. The largest absolute Gasteiger partial charge is 0.382 e. The highest BCUT2D eigenvalue weighted by atomic mass is 32.1. The molecule has 0 aliphatic heterocycles. The van der Waals surface area contributed by atoms with E-state index in [1.807, 2.05) is 6.07 Å². The first kappa shape index (κ1) is 12.3. The fraction of sp³-hybridized carbons (Fsp3) is 0. The summed E-state index contributed by atoms with van der Waals surface area (Å²) in [6.07, 6.45) is 3.34. The summed E-state index contributed by atoms with van der Waals surface area (Å²) in [5.74, 6) is 0.337. The van der Waals surface area contributed by atoms with Crippen molar-refractivity contribution in [1.29, 1.82) is 0 Å². The van der Waals surface area contributed by atoms with Crippen molar-refractivity contribution in [2.75, 3.05) is 5.73 Å². The maximum absolute atomic E-state index is 10.8. The molecule has 20 heavy (non-hydrogen) atoms. The van der Waals surface area contributed by atoms with Crippen molar-refractivity contribution >= 4 is 22.2 Å². The third-order valence-electron chi connectivity index (χ3n) is 2.76. The van der Waals surface area contributed by atoms with Crippen LogP contribution in [-0.4, -0.2) is 20.1 Å². The maximum Gasteiger partial charge on any atom is 0.324 e. The molecule has 0 radical (unpaired) electrons. The van der Waals surface area contributed by atoms with Crippen molar-refractivity contribution in [3.63, 3.8) is 0 Å². The number of H-pyrrole nitrogens is 1. The molecule has 0 fully saturated rings. The van der Waals surface area contributed by atoms with Crippen LogP contribution in [0.25, 0.3) is 21.7 Å². The lowest BCUT2D eigenvalue weighted by atomic mass is 10.1. The van der Waals surface area contributed by atoms with Crippen LogP contribution in [0.15, 0.2) is 36.7 Å². The minimum Gasteiger partial charge on any atom is -0.382 e. The van der Waals surface area contributed by atoms with E-state index < -0.39 is 4.92 Å². The lowest BCUT2D eigenvalue weighted by Gasteiger charge is -2.01. The average Bonchev–Trinajstić information content (AvgIpc) is 3.06. The van der Waals surface area contributed by atoms with E-state index in [0.717, 1.165) is 16.9 Å². The van der Waals surface area contributed by atoms with Crippen LogP contribution in [-0.2, 0) is 0 Å². The van der Waals surface area contributed by atoms with Gasteiger partial charge in [-0.1, -0.05) is 17.4 Å². The molecule has 0 spiro atoms. The van der Waals surface area contributed by atoms with Crippen molar-refractivity contribution < 1.29 is 4.92 Å². The highest BCUT2D eigenvalue weighted by Gasteiger charge is 2.19. The van der Waals surface area contributed by atoms with Crippen LogP contribution in [0, 0.1) is 10.1 Å². The molecule has 100 valence electrons. The highest BCUT2D eigenvalue weighted by molar-refractivity contribution is 7.18. The molecule has 7 nitrogen and oxygen atoms in total. The van der Waals surface area contributed by atoms with E-state index in [1.54, 1.807) is 24.5 Å². The first-order valence-corrected chi connectivity index (χ1v) is 6.47. The zero-order valence-corrected chi connectivity index (χ0v) is 10.9. The number of nitrogens with two attached hydrogens (primary N) is 1. The fourth-order valence-corrected chi connectivity index (χ4v) is 2.72. The Morgan fingerprint density at radius 3 is 2.85 bits per heavy atom. The molecular formula is C12H9N5O2S. The second-order valence-corrected chi connectivity index (χ2v) is 5.06. The molecule has 0 aromatic carbocycles. The molecule has 0 unspecified atom stereocenters. The van der Waals surface area contributed by atoms with Gasteiger partial charge in [-0.2, -0.15) is 5.10 Å². The quantitative estimate of drug-likeness (QED) is 0.568. The molecule has 3 rings (SSSR count). The van der Waals surface area contributed by atoms with Crippen molar-refractivity contribution in [3.05, 3.63) is 46.8 Å². The van der Waals surface area contributed by atoms with Crippen LogP contribution < -0.4 is 5.73 Å². The highest BCUT2D eigenvalue weighted by Crippen LogP contribution is 2.39. The Balaban J connectivity index is 2.13. The van der Waals surface area contributed by atoms with Crippen LogP contribution in [0.3, 0.4) is 0 Å². The first-order chi connectivity index (χ1) is 9.66. The van der Waals surface area contributed by atoms with Gasteiger partial charge in [-0.15, -0.1) is 0 Å². The zero-order valence-electron chi connectivity index (χ0n) is 10.1. The van der Waals surface area contributed by atoms with E-state index in [2.05, 4.69) is 15.2 Å². The number of rotatable bonds is 3. The Bertz CT molecular complexity index is 765. The van der Waals surface area contributed by atoms with Crippen LogP contribution in [0.5, 0.6) is 0 Å². The molecule has 0 atom stereocenters. The van der Waals surface area contributed by atoms with Gasteiger partial charge in [-0.05, 0) is 12.1 Å². The number of hydrogen-bond donors (Lipinski definition) is 2. The third-order valence-corrected chi connectivity index (χ3v) is 3.82. The Kier molecular flexibility index (Phi) is 2.92. The Morgan fingerprint density at radius 2 is 2.20 bits per heavy atom. The molecule has 3 heterocycles. The molecule has 0 aliphatic rings. The normalized spacial score (nSPS) is 10.6. The summed E-state index contributed by atoms with van der Waals surface area (Å²) in [4.78, 5) is 15.1. The van der Waals surface area contributed by atoms with Gasteiger partial charge in [0, 0.05) is 24.0 Å². The average molecular weight is 287 g/mol. The summed E-state index contributed by atoms with van der Waals surface area (Å²) in [5.41, 5.74) is 8.05. The summed E-state index contributed by atoms with van der Waals surface area (Å²) < 4.78 is 0. The van der Waals surface area contributed by atoms with Gasteiger partial charge in [0.05, 0.1) is 21.1 Å².